The quantitative estimate of drug-likeness (QED) is 0.247. The minimum absolute atomic E-state index is 0. The van der Waals surface area contributed by atoms with Crippen molar-refractivity contribution in [2.24, 2.45) is 4.99 Å². The molecule has 2 aromatic rings. The van der Waals surface area contributed by atoms with Crippen LogP contribution in [0.4, 0.5) is 0 Å². The van der Waals surface area contributed by atoms with Crippen LogP contribution in [-0.2, 0) is 13.0 Å². The van der Waals surface area contributed by atoms with Gasteiger partial charge in [-0.2, -0.15) is 0 Å². The molecule has 160 valence electrons. The molecule has 0 aliphatic heterocycles. The van der Waals surface area contributed by atoms with Crippen LogP contribution in [0, 0.1) is 0 Å². The van der Waals surface area contributed by atoms with Crippen molar-refractivity contribution in [3.05, 3.63) is 58.6 Å². The number of aliphatic hydroxyl groups is 1. The Morgan fingerprint density at radius 2 is 1.93 bits per heavy atom. The summed E-state index contributed by atoms with van der Waals surface area (Å²) in [7, 11) is 1.59. The summed E-state index contributed by atoms with van der Waals surface area (Å²) in [5, 5.41) is 16.2. The molecule has 0 saturated heterocycles. The molecule has 0 unspecified atom stereocenters. The van der Waals surface area contributed by atoms with Gasteiger partial charge in [-0.05, 0) is 48.7 Å². The summed E-state index contributed by atoms with van der Waals surface area (Å²) in [6, 6.07) is 13.5. The Balaban J connectivity index is 0.00000420. The van der Waals surface area contributed by atoms with Gasteiger partial charge in [-0.25, -0.2) is 4.99 Å². The van der Waals surface area contributed by atoms with Crippen molar-refractivity contribution >= 4 is 41.5 Å². The molecule has 0 fully saturated rings. The van der Waals surface area contributed by atoms with Crippen LogP contribution in [0.1, 0.15) is 18.1 Å². The van der Waals surface area contributed by atoms with E-state index in [4.69, 9.17) is 26.2 Å². The standard InChI is InChI=1S/C21H28ClN3O3.HI/c1-3-23-21(24-10-9-16-5-4-6-18(22)13-16)25-15-17-7-8-19(28-12-11-26)20(14-17)27-2;/h4-8,13-14,26H,3,9-12,15H2,1-2H3,(H2,23,24,25);1H. The fraction of sp³-hybridized carbons (Fsp3) is 0.381. The molecule has 0 saturated carbocycles. The second kappa shape index (κ2) is 14.3. The average molecular weight is 534 g/mol. The van der Waals surface area contributed by atoms with Gasteiger partial charge >= 0.3 is 0 Å². The fourth-order valence-corrected chi connectivity index (χ4v) is 2.83. The summed E-state index contributed by atoms with van der Waals surface area (Å²) >= 11 is 6.03. The van der Waals surface area contributed by atoms with Gasteiger partial charge in [-0.15, -0.1) is 24.0 Å². The molecule has 0 radical (unpaired) electrons. The summed E-state index contributed by atoms with van der Waals surface area (Å²) in [6.07, 6.45) is 0.857. The Labute approximate surface area is 194 Å². The molecule has 2 rings (SSSR count). The molecule has 0 bridgehead atoms. The summed E-state index contributed by atoms with van der Waals surface area (Å²) < 4.78 is 10.8. The average Bonchev–Trinajstić information content (AvgIpc) is 2.70. The van der Waals surface area contributed by atoms with Crippen LogP contribution < -0.4 is 20.1 Å². The number of nitrogens with zero attached hydrogens (tertiary/aromatic N) is 1. The van der Waals surface area contributed by atoms with E-state index in [1.54, 1.807) is 7.11 Å². The van der Waals surface area contributed by atoms with E-state index in [1.807, 2.05) is 43.3 Å². The van der Waals surface area contributed by atoms with Gasteiger partial charge < -0.3 is 25.2 Å². The number of nitrogens with one attached hydrogen (secondary N) is 2. The molecule has 0 atom stereocenters. The maximum atomic E-state index is 8.89. The number of guanidine groups is 1. The van der Waals surface area contributed by atoms with Gasteiger partial charge in [-0.3, -0.25) is 0 Å². The van der Waals surface area contributed by atoms with E-state index in [0.29, 0.717) is 18.0 Å². The topological polar surface area (TPSA) is 75.1 Å². The van der Waals surface area contributed by atoms with Crippen LogP contribution in [0.15, 0.2) is 47.5 Å². The number of halogens is 2. The van der Waals surface area contributed by atoms with Crippen molar-refractivity contribution < 1.29 is 14.6 Å². The monoisotopic (exact) mass is 533 g/mol. The van der Waals surface area contributed by atoms with Crippen molar-refractivity contribution in [3.8, 4) is 11.5 Å². The lowest BCUT2D eigenvalue weighted by atomic mass is 10.1. The zero-order valence-electron chi connectivity index (χ0n) is 16.8. The van der Waals surface area contributed by atoms with Gasteiger partial charge in [0.1, 0.15) is 6.61 Å². The van der Waals surface area contributed by atoms with Crippen molar-refractivity contribution in [2.75, 3.05) is 33.4 Å². The first-order valence-electron chi connectivity index (χ1n) is 9.33. The largest absolute Gasteiger partial charge is 0.493 e. The summed E-state index contributed by atoms with van der Waals surface area (Å²) in [5.41, 5.74) is 2.18. The SMILES string of the molecule is CCNC(=NCc1ccc(OCCO)c(OC)c1)NCCc1cccc(Cl)c1.I. The van der Waals surface area contributed by atoms with Crippen LogP contribution in [0.25, 0.3) is 0 Å². The fourth-order valence-electron chi connectivity index (χ4n) is 2.61. The van der Waals surface area contributed by atoms with E-state index < -0.39 is 0 Å². The number of methoxy groups -OCH3 is 1. The Morgan fingerprint density at radius 3 is 2.62 bits per heavy atom. The third-order valence-electron chi connectivity index (χ3n) is 3.94. The van der Waals surface area contributed by atoms with E-state index in [9.17, 15) is 0 Å². The van der Waals surface area contributed by atoms with Crippen LogP contribution in [0.2, 0.25) is 5.02 Å². The summed E-state index contributed by atoms with van der Waals surface area (Å²) in [6.45, 7) is 4.26. The highest BCUT2D eigenvalue weighted by atomic mass is 127. The number of rotatable bonds is 10. The zero-order valence-corrected chi connectivity index (χ0v) is 19.9. The first kappa shape index (κ1) is 25.3. The van der Waals surface area contributed by atoms with Gasteiger partial charge in [0.25, 0.3) is 0 Å². The third kappa shape index (κ3) is 9.10. The van der Waals surface area contributed by atoms with Gasteiger partial charge in [-0.1, -0.05) is 29.8 Å². The highest BCUT2D eigenvalue weighted by Crippen LogP contribution is 2.28. The Hall–Kier alpha value is -1.71. The lowest BCUT2D eigenvalue weighted by Crippen LogP contribution is -2.38. The number of aliphatic imine (C=N–C) groups is 1. The first-order chi connectivity index (χ1) is 13.7. The van der Waals surface area contributed by atoms with Crippen LogP contribution in [-0.4, -0.2) is 44.5 Å². The molecular weight excluding hydrogens is 505 g/mol. The van der Waals surface area contributed by atoms with E-state index in [-0.39, 0.29) is 37.2 Å². The molecule has 0 spiro atoms. The molecule has 0 heterocycles. The summed E-state index contributed by atoms with van der Waals surface area (Å²) in [4.78, 5) is 4.63. The molecule has 8 heteroatoms. The molecule has 0 aliphatic carbocycles. The van der Waals surface area contributed by atoms with E-state index in [2.05, 4.69) is 21.7 Å². The van der Waals surface area contributed by atoms with Crippen molar-refractivity contribution in [1.29, 1.82) is 0 Å². The van der Waals surface area contributed by atoms with E-state index >= 15 is 0 Å². The predicted octanol–water partition coefficient (Wildman–Crippen LogP) is 3.64. The highest BCUT2D eigenvalue weighted by Gasteiger charge is 2.06. The molecule has 0 aromatic heterocycles. The van der Waals surface area contributed by atoms with Crippen LogP contribution in [0.3, 0.4) is 0 Å². The van der Waals surface area contributed by atoms with Crippen molar-refractivity contribution in [2.45, 2.75) is 19.9 Å². The van der Waals surface area contributed by atoms with Crippen LogP contribution >= 0.6 is 35.6 Å². The lowest BCUT2D eigenvalue weighted by molar-refractivity contribution is 0.196. The molecular formula is C21H29ClIN3O3. The molecule has 0 amide bonds. The van der Waals surface area contributed by atoms with Gasteiger partial charge in [0.2, 0.25) is 0 Å². The van der Waals surface area contributed by atoms with Crippen molar-refractivity contribution in [1.82, 2.24) is 10.6 Å². The maximum Gasteiger partial charge on any atom is 0.191 e. The molecule has 0 aliphatic rings. The Morgan fingerprint density at radius 1 is 1.10 bits per heavy atom. The number of hydrogen-bond acceptors (Lipinski definition) is 4. The zero-order chi connectivity index (χ0) is 20.2. The molecule has 2 aromatic carbocycles. The van der Waals surface area contributed by atoms with Gasteiger partial charge in [0.05, 0.1) is 20.3 Å². The molecule has 29 heavy (non-hydrogen) atoms. The van der Waals surface area contributed by atoms with E-state index in [1.165, 1.54) is 5.56 Å². The number of benzene rings is 2. The Bertz CT molecular complexity index is 775. The van der Waals surface area contributed by atoms with E-state index in [0.717, 1.165) is 36.1 Å². The predicted molar refractivity (Wildman–Crippen MR) is 129 cm³/mol. The lowest BCUT2D eigenvalue weighted by Gasteiger charge is -2.13. The number of ether oxygens (including phenoxy) is 2. The summed E-state index contributed by atoms with van der Waals surface area (Å²) in [5.74, 6) is 1.99. The van der Waals surface area contributed by atoms with Crippen LogP contribution in [0.5, 0.6) is 11.5 Å². The smallest absolute Gasteiger partial charge is 0.191 e. The van der Waals surface area contributed by atoms with Gasteiger partial charge in [0, 0.05) is 18.1 Å². The molecule has 3 N–H and O–H groups in total. The van der Waals surface area contributed by atoms with Gasteiger partial charge in [0.15, 0.2) is 17.5 Å². The normalized spacial score (nSPS) is 10.8. The minimum atomic E-state index is -0.0396. The second-order valence-corrected chi connectivity index (χ2v) is 6.50. The third-order valence-corrected chi connectivity index (χ3v) is 4.17. The molecule has 6 nitrogen and oxygen atoms in total. The number of hydrogen-bond donors (Lipinski definition) is 3. The Kier molecular flexibility index (Phi) is 12.5. The second-order valence-electron chi connectivity index (χ2n) is 6.06. The maximum absolute atomic E-state index is 8.89. The first-order valence-corrected chi connectivity index (χ1v) is 9.71. The minimum Gasteiger partial charge on any atom is -0.493 e. The highest BCUT2D eigenvalue weighted by molar-refractivity contribution is 14.0. The number of aliphatic hydroxyl groups excluding tert-OH is 1. The van der Waals surface area contributed by atoms with Crippen molar-refractivity contribution in [3.63, 3.8) is 0 Å².